The highest BCUT2D eigenvalue weighted by atomic mass is 79.9. The number of hydrogen-bond acceptors (Lipinski definition) is 4. The molecular weight excluding hydrogens is 347 g/mol. The molecule has 6 nitrogen and oxygen atoms in total. The van der Waals surface area contributed by atoms with Gasteiger partial charge >= 0.3 is 5.97 Å². The number of halogens is 2. The van der Waals surface area contributed by atoms with Crippen molar-refractivity contribution in [1.29, 1.82) is 0 Å². The summed E-state index contributed by atoms with van der Waals surface area (Å²) in [6.07, 6.45) is 2.51. The highest BCUT2D eigenvalue weighted by Gasteiger charge is 2.39. The summed E-state index contributed by atoms with van der Waals surface area (Å²) in [4.78, 5) is 21.2. The predicted molar refractivity (Wildman–Crippen MR) is 77.8 cm³/mol. The molecule has 0 saturated heterocycles. The average molecular weight is 361 g/mol. The van der Waals surface area contributed by atoms with Crippen molar-refractivity contribution >= 4 is 33.3 Å². The first-order valence-electron chi connectivity index (χ1n) is 6.42. The third-order valence-electron chi connectivity index (χ3n) is 3.83. The molecule has 1 aromatic carbocycles. The summed E-state index contributed by atoms with van der Waals surface area (Å²) >= 11 is 2.99. The van der Waals surface area contributed by atoms with E-state index in [2.05, 4.69) is 21.2 Å². The first-order valence-corrected chi connectivity index (χ1v) is 7.21. The van der Waals surface area contributed by atoms with Gasteiger partial charge in [-0.05, 0) is 40.3 Å². The van der Waals surface area contributed by atoms with Crippen LogP contribution in [0.3, 0.4) is 0 Å². The van der Waals surface area contributed by atoms with Crippen molar-refractivity contribution in [2.45, 2.75) is 25.7 Å². The smallest absolute Gasteiger partial charge is 0.303 e. The number of anilines is 1. The molecule has 2 N–H and O–H groups in total. The third-order valence-corrected chi connectivity index (χ3v) is 4.44. The summed E-state index contributed by atoms with van der Waals surface area (Å²) in [5, 5.41) is 22.8. The van der Waals surface area contributed by atoms with Gasteiger partial charge in [-0.2, -0.15) is 0 Å². The molecule has 1 fully saturated rings. The topological polar surface area (TPSA) is 92.5 Å². The van der Waals surface area contributed by atoms with Crippen molar-refractivity contribution in [3.8, 4) is 0 Å². The minimum atomic E-state index is -0.883. The van der Waals surface area contributed by atoms with Gasteiger partial charge in [0, 0.05) is 6.54 Å². The van der Waals surface area contributed by atoms with E-state index >= 15 is 0 Å². The fourth-order valence-electron chi connectivity index (χ4n) is 2.53. The molecule has 0 amide bonds. The second-order valence-electron chi connectivity index (χ2n) is 5.32. The van der Waals surface area contributed by atoms with E-state index in [0.717, 1.165) is 25.3 Å². The van der Waals surface area contributed by atoms with Crippen molar-refractivity contribution in [3.05, 3.63) is 32.5 Å². The zero-order valence-corrected chi connectivity index (χ0v) is 12.7. The largest absolute Gasteiger partial charge is 0.481 e. The van der Waals surface area contributed by atoms with Crippen LogP contribution in [0, 0.1) is 21.3 Å². The summed E-state index contributed by atoms with van der Waals surface area (Å²) < 4.78 is 13.5. The van der Waals surface area contributed by atoms with Gasteiger partial charge in [-0.25, -0.2) is 4.39 Å². The lowest BCUT2D eigenvalue weighted by molar-refractivity contribution is -0.384. The van der Waals surface area contributed by atoms with Crippen molar-refractivity contribution in [3.63, 3.8) is 0 Å². The predicted octanol–water partition coefficient (Wildman–Crippen LogP) is 3.55. The standard InChI is InChI=1S/C13H14BrFN2O4/c14-8-4-10(11(17(20)21)5-9(8)15)16-7-13(2-1-3-13)6-12(18)19/h4-5,16H,1-3,6-7H2,(H,18,19). The van der Waals surface area contributed by atoms with Gasteiger partial charge in [-0.15, -0.1) is 0 Å². The molecule has 0 heterocycles. The van der Waals surface area contributed by atoms with Crippen molar-refractivity contribution in [2.75, 3.05) is 11.9 Å². The quantitative estimate of drug-likeness (QED) is 0.597. The van der Waals surface area contributed by atoms with Gasteiger partial charge in [-0.1, -0.05) is 6.42 Å². The van der Waals surface area contributed by atoms with Crippen molar-refractivity contribution in [1.82, 2.24) is 0 Å². The molecule has 0 unspecified atom stereocenters. The van der Waals surface area contributed by atoms with Crippen LogP contribution in [0.4, 0.5) is 15.8 Å². The molecule has 21 heavy (non-hydrogen) atoms. The SMILES string of the molecule is O=C(O)CC1(CNc2cc(Br)c(F)cc2[N+](=O)[O-])CCC1. The van der Waals surface area contributed by atoms with E-state index in [1.165, 1.54) is 6.07 Å². The molecule has 8 heteroatoms. The van der Waals surface area contributed by atoms with Gasteiger partial charge in [0.25, 0.3) is 5.69 Å². The molecule has 1 saturated carbocycles. The molecule has 2 rings (SSSR count). The molecule has 0 spiro atoms. The maximum Gasteiger partial charge on any atom is 0.303 e. The van der Waals surface area contributed by atoms with Gasteiger partial charge in [0.1, 0.15) is 11.5 Å². The lowest BCUT2D eigenvalue weighted by Gasteiger charge is -2.41. The van der Waals surface area contributed by atoms with Crippen LogP contribution in [-0.2, 0) is 4.79 Å². The van der Waals surface area contributed by atoms with E-state index in [1.54, 1.807) is 0 Å². The Labute approximate surface area is 128 Å². The van der Waals surface area contributed by atoms with E-state index in [4.69, 9.17) is 5.11 Å². The molecular formula is C13H14BrFN2O4. The molecule has 114 valence electrons. The van der Waals surface area contributed by atoms with Crippen molar-refractivity contribution in [2.24, 2.45) is 5.41 Å². The number of nitrogens with zero attached hydrogens (tertiary/aromatic N) is 1. The Morgan fingerprint density at radius 2 is 2.19 bits per heavy atom. The molecule has 0 radical (unpaired) electrons. The number of nitro benzene ring substituents is 1. The summed E-state index contributed by atoms with van der Waals surface area (Å²) in [6, 6.07) is 2.15. The molecule has 0 bridgehead atoms. The summed E-state index contributed by atoms with van der Waals surface area (Å²) in [5.74, 6) is -1.59. The molecule has 0 aromatic heterocycles. The highest BCUT2D eigenvalue weighted by molar-refractivity contribution is 9.10. The van der Waals surface area contributed by atoms with Crippen LogP contribution < -0.4 is 5.32 Å². The first kappa shape index (κ1) is 15.7. The van der Waals surface area contributed by atoms with Crippen LogP contribution in [0.1, 0.15) is 25.7 Å². The average Bonchev–Trinajstić information content (AvgIpc) is 2.35. The number of aliphatic carboxylic acids is 1. The van der Waals surface area contributed by atoms with Crippen LogP contribution in [0.15, 0.2) is 16.6 Å². The Balaban J connectivity index is 2.17. The molecule has 1 aliphatic carbocycles. The van der Waals surface area contributed by atoms with Crippen molar-refractivity contribution < 1.29 is 19.2 Å². The number of carbonyl (C=O) groups is 1. The van der Waals surface area contributed by atoms with Crippen LogP contribution in [0.2, 0.25) is 0 Å². The molecule has 1 aliphatic rings. The number of carboxylic acid groups (broad SMARTS) is 1. The van der Waals surface area contributed by atoms with E-state index in [-0.39, 0.29) is 27.7 Å². The van der Waals surface area contributed by atoms with Gasteiger partial charge < -0.3 is 10.4 Å². The van der Waals surface area contributed by atoms with Gasteiger partial charge in [0.05, 0.1) is 21.9 Å². The number of carboxylic acids is 1. The number of hydrogen-bond donors (Lipinski definition) is 2. The third kappa shape index (κ3) is 3.49. The maximum absolute atomic E-state index is 13.4. The molecule has 1 aromatic rings. The second kappa shape index (κ2) is 5.97. The lowest BCUT2D eigenvalue weighted by atomic mass is 9.66. The molecule has 0 aliphatic heterocycles. The fourth-order valence-corrected chi connectivity index (χ4v) is 2.87. The van der Waals surface area contributed by atoms with Crippen LogP contribution in [-0.4, -0.2) is 22.5 Å². The Morgan fingerprint density at radius 1 is 1.52 bits per heavy atom. The number of nitrogens with one attached hydrogen (secondary N) is 1. The van der Waals surface area contributed by atoms with E-state index in [9.17, 15) is 19.3 Å². The zero-order chi connectivity index (χ0) is 15.6. The normalized spacial score (nSPS) is 16.1. The minimum absolute atomic E-state index is 0.0240. The maximum atomic E-state index is 13.4. The van der Waals surface area contributed by atoms with E-state index in [0.29, 0.717) is 6.54 Å². The first-order chi connectivity index (χ1) is 9.83. The Hall–Kier alpha value is -1.70. The Morgan fingerprint density at radius 3 is 2.67 bits per heavy atom. The second-order valence-corrected chi connectivity index (χ2v) is 6.17. The Kier molecular flexibility index (Phi) is 4.46. The van der Waals surface area contributed by atoms with Gasteiger partial charge in [0.2, 0.25) is 0 Å². The zero-order valence-electron chi connectivity index (χ0n) is 11.1. The number of rotatable bonds is 6. The van der Waals surface area contributed by atoms with Crippen LogP contribution in [0.5, 0.6) is 0 Å². The highest BCUT2D eigenvalue weighted by Crippen LogP contribution is 2.44. The Bertz CT molecular complexity index is 590. The van der Waals surface area contributed by atoms with E-state index in [1.807, 2.05) is 0 Å². The lowest BCUT2D eigenvalue weighted by Crippen LogP contribution is -2.38. The number of nitro groups is 1. The van der Waals surface area contributed by atoms with Crippen LogP contribution in [0.25, 0.3) is 0 Å². The summed E-state index contributed by atoms with van der Waals surface area (Å²) in [7, 11) is 0. The monoisotopic (exact) mass is 360 g/mol. The van der Waals surface area contributed by atoms with Gasteiger partial charge in [0.15, 0.2) is 0 Å². The van der Waals surface area contributed by atoms with E-state index < -0.39 is 16.7 Å². The minimum Gasteiger partial charge on any atom is -0.481 e. The fraction of sp³-hybridized carbons (Fsp3) is 0.462. The summed E-state index contributed by atoms with van der Waals surface area (Å²) in [6.45, 7) is 0.318. The van der Waals surface area contributed by atoms with Crippen LogP contribution >= 0.6 is 15.9 Å². The number of benzene rings is 1. The van der Waals surface area contributed by atoms with Gasteiger partial charge in [-0.3, -0.25) is 14.9 Å². The molecule has 0 atom stereocenters. The summed E-state index contributed by atoms with van der Waals surface area (Å²) in [5.41, 5.74) is -0.550.